The maximum atomic E-state index is 12.3. The number of nitrogens with zero attached hydrogens (tertiary/aromatic N) is 1. The summed E-state index contributed by atoms with van der Waals surface area (Å²) in [6, 6.07) is 12.9. The summed E-state index contributed by atoms with van der Waals surface area (Å²) in [5.74, 6) is 0.562. The van der Waals surface area contributed by atoms with Gasteiger partial charge >= 0.3 is 0 Å². The Hall–Kier alpha value is -2.89. The number of hydrogen-bond acceptors (Lipinski definition) is 3. The van der Waals surface area contributed by atoms with Gasteiger partial charge < -0.3 is 15.4 Å². The van der Waals surface area contributed by atoms with Crippen LogP contribution >= 0.6 is 0 Å². The molecule has 2 aromatic carbocycles. The smallest absolute Gasteiger partial charge is 0.248 e. The summed E-state index contributed by atoms with van der Waals surface area (Å²) in [5.41, 5.74) is 6.02. The molecule has 1 saturated carbocycles. The minimum absolute atomic E-state index is 0.194. The zero-order valence-electron chi connectivity index (χ0n) is 16.9. The molecule has 0 atom stereocenters. The Morgan fingerprint density at radius 3 is 2.38 bits per heavy atom. The van der Waals surface area contributed by atoms with Crippen LogP contribution in [0.2, 0.25) is 0 Å². The number of hydrogen-bond donors (Lipinski definition) is 1. The second-order valence-corrected chi connectivity index (χ2v) is 7.16. The molecule has 0 unspecified atom stereocenters. The summed E-state index contributed by atoms with van der Waals surface area (Å²) in [6.45, 7) is 0.820. The van der Waals surface area contributed by atoms with E-state index < -0.39 is 11.7 Å². The van der Waals surface area contributed by atoms with Crippen LogP contribution in [0.4, 0.5) is 10.1 Å². The number of ether oxygens (including phenoxy) is 1. The van der Waals surface area contributed by atoms with Gasteiger partial charge in [0.2, 0.25) is 12.3 Å². The van der Waals surface area contributed by atoms with Gasteiger partial charge in [-0.15, -0.1) is 0 Å². The number of anilines is 1. The van der Waals surface area contributed by atoms with Crippen molar-refractivity contribution in [2.45, 2.75) is 38.5 Å². The molecule has 0 heterocycles. The predicted molar refractivity (Wildman–Crippen MR) is 113 cm³/mol. The number of benzene rings is 2. The van der Waals surface area contributed by atoms with E-state index in [1.165, 1.54) is 50.3 Å². The van der Waals surface area contributed by atoms with Gasteiger partial charge in [0.25, 0.3) is 0 Å². The molecule has 0 spiro atoms. The maximum absolute atomic E-state index is 12.3. The third-order valence-corrected chi connectivity index (χ3v) is 5.14. The molecule has 1 aliphatic carbocycles. The first-order valence-corrected chi connectivity index (χ1v) is 9.95. The number of nitrogens with two attached hydrogens (primary N) is 1. The lowest BCUT2D eigenvalue weighted by Crippen LogP contribution is -2.24. The normalized spacial score (nSPS) is 13.7. The summed E-state index contributed by atoms with van der Waals surface area (Å²) < 4.78 is 17.5. The van der Waals surface area contributed by atoms with Gasteiger partial charge in [-0.1, -0.05) is 38.2 Å². The van der Waals surface area contributed by atoms with Crippen LogP contribution in [-0.2, 0) is 4.79 Å². The molecule has 156 valence electrons. The molecule has 0 aromatic heterocycles. The molecule has 5 nitrogen and oxygen atoms in total. The van der Waals surface area contributed by atoms with E-state index in [2.05, 4.69) is 0 Å². The number of carbonyl (C=O) groups is 2. The van der Waals surface area contributed by atoms with Crippen molar-refractivity contribution in [2.24, 2.45) is 11.7 Å². The first-order valence-electron chi connectivity index (χ1n) is 9.95. The third-order valence-electron chi connectivity index (χ3n) is 5.14. The van der Waals surface area contributed by atoms with Crippen LogP contribution in [-0.4, -0.2) is 26.0 Å². The highest BCUT2D eigenvalue weighted by Gasteiger charge is 2.15. The zero-order valence-corrected chi connectivity index (χ0v) is 16.9. The fraction of sp³-hybridized carbons (Fsp3) is 0.391. The topological polar surface area (TPSA) is 72.6 Å². The van der Waals surface area contributed by atoms with Gasteiger partial charge in [-0.3, -0.25) is 9.59 Å². The third kappa shape index (κ3) is 7.56. The molecule has 2 aromatic rings. The lowest BCUT2D eigenvalue weighted by molar-refractivity contribution is -0.107. The number of carbonyl (C=O) groups excluding carboxylic acids is 2. The standard InChI is InChI=1S/C16H23NO2.C7H6FNO/c1-19-16-9-7-15(8-10-16)17(13-18)12-11-14-5-3-2-4-6-14;8-6-3-1-2-5(4-6)7(9)10/h7-10,13-14H,2-6,11-12H2,1H3;1-4H,(H2,9,10). The van der Waals surface area contributed by atoms with Crippen LogP contribution in [0.15, 0.2) is 48.5 Å². The number of primary amides is 1. The van der Waals surface area contributed by atoms with Crippen LogP contribution < -0.4 is 15.4 Å². The van der Waals surface area contributed by atoms with Crippen LogP contribution in [0.5, 0.6) is 5.75 Å². The Morgan fingerprint density at radius 2 is 1.86 bits per heavy atom. The van der Waals surface area contributed by atoms with Crippen LogP contribution in [0.1, 0.15) is 48.9 Å². The fourth-order valence-corrected chi connectivity index (χ4v) is 3.46. The van der Waals surface area contributed by atoms with Crippen molar-refractivity contribution in [1.82, 2.24) is 0 Å². The highest BCUT2D eigenvalue weighted by Crippen LogP contribution is 2.27. The molecule has 0 bridgehead atoms. The van der Waals surface area contributed by atoms with Gasteiger partial charge in [-0.25, -0.2) is 4.39 Å². The molecule has 2 N–H and O–H groups in total. The van der Waals surface area contributed by atoms with E-state index in [1.807, 2.05) is 24.3 Å². The van der Waals surface area contributed by atoms with Crippen molar-refractivity contribution in [3.05, 3.63) is 59.9 Å². The molecule has 0 saturated heterocycles. The van der Waals surface area contributed by atoms with Gasteiger partial charge in [0.1, 0.15) is 11.6 Å². The fourth-order valence-electron chi connectivity index (χ4n) is 3.46. The van der Waals surface area contributed by atoms with Crippen LogP contribution in [0.3, 0.4) is 0 Å². The van der Waals surface area contributed by atoms with Crippen molar-refractivity contribution >= 4 is 18.0 Å². The van der Waals surface area contributed by atoms with E-state index >= 15 is 0 Å². The minimum atomic E-state index is -0.612. The van der Waals surface area contributed by atoms with Crippen molar-refractivity contribution in [3.63, 3.8) is 0 Å². The van der Waals surface area contributed by atoms with E-state index in [1.54, 1.807) is 12.0 Å². The average molecular weight is 400 g/mol. The molecular weight excluding hydrogens is 371 g/mol. The Balaban J connectivity index is 0.000000253. The maximum Gasteiger partial charge on any atom is 0.248 e. The van der Waals surface area contributed by atoms with Crippen molar-refractivity contribution in [2.75, 3.05) is 18.6 Å². The predicted octanol–water partition coefficient (Wildman–Crippen LogP) is 4.55. The summed E-state index contributed by atoms with van der Waals surface area (Å²) in [7, 11) is 1.65. The summed E-state index contributed by atoms with van der Waals surface area (Å²) in [5, 5.41) is 0. The van der Waals surface area contributed by atoms with E-state index in [0.717, 1.165) is 42.8 Å². The molecule has 0 aliphatic heterocycles. The average Bonchev–Trinajstić information content (AvgIpc) is 2.76. The molecule has 0 radical (unpaired) electrons. The highest BCUT2D eigenvalue weighted by molar-refractivity contribution is 5.92. The SMILES string of the molecule is COc1ccc(N(C=O)CCC2CCCCC2)cc1.NC(=O)c1cccc(F)c1. The second kappa shape index (κ2) is 11.8. The number of rotatable bonds is 7. The molecule has 1 fully saturated rings. The molecule has 3 rings (SSSR count). The first-order chi connectivity index (χ1) is 14.0. The van der Waals surface area contributed by atoms with Crippen molar-refractivity contribution in [3.8, 4) is 5.75 Å². The molecule has 1 aliphatic rings. The first kappa shape index (κ1) is 22.4. The lowest BCUT2D eigenvalue weighted by atomic mass is 9.87. The Labute approximate surface area is 171 Å². The largest absolute Gasteiger partial charge is 0.497 e. The van der Waals surface area contributed by atoms with Crippen molar-refractivity contribution in [1.29, 1.82) is 0 Å². The number of amides is 2. The van der Waals surface area contributed by atoms with Crippen LogP contribution in [0.25, 0.3) is 0 Å². The molecular formula is C23H29FN2O3. The monoisotopic (exact) mass is 400 g/mol. The molecule has 2 amide bonds. The van der Waals surface area contributed by atoms with Gasteiger partial charge in [0, 0.05) is 17.8 Å². The number of halogens is 1. The Bertz CT molecular complexity index is 774. The minimum Gasteiger partial charge on any atom is -0.497 e. The molecule has 6 heteroatoms. The van der Waals surface area contributed by atoms with Crippen LogP contribution in [0, 0.1) is 11.7 Å². The zero-order chi connectivity index (χ0) is 21.1. The van der Waals surface area contributed by atoms with E-state index in [-0.39, 0.29) is 5.56 Å². The van der Waals surface area contributed by atoms with Gasteiger partial charge in [-0.05, 0) is 54.8 Å². The molecule has 29 heavy (non-hydrogen) atoms. The van der Waals surface area contributed by atoms with Crippen molar-refractivity contribution < 1.29 is 18.7 Å². The summed E-state index contributed by atoms with van der Waals surface area (Å²) >= 11 is 0. The van der Waals surface area contributed by atoms with E-state index in [9.17, 15) is 14.0 Å². The summed E-state index contributed by atoms with van der Waals surface area (Å²) in [6.07, 6.45) is 8.80. The Kier molecular flexibility index (Phi) is 9.15. The lowest BCUT2D eigenvalue weighted by Gasteiger charge is -2.24. The highest BCUT2D eigenvalue weighted by atomic mass is 19.1. The second-order valence-electron chi connectivity index (χ2n) is 7.16. The number of methoxy groups -OCH3 is 1. The van der Waals surface area contributed by atoms with Gasteiger partial charge in [0.05, 0.1) is 7.11 Å². The van der Waals surface area contributed by atoms with E-state index in [4.69, 9.17) is 10.5 Å². The van der Waals surface area contributed by atoms with Gasteiger partial charge in [0.15, 0.2) is 0 Å². The Morgan fingerprint density at radius 1 is 1.17 bits per heavy atom. The summed E-state index contributed by atoms with van der Waals surface area (Å²) in [4.78, 5) is 23.4. The van der Waals surface area contributed by atoms with Gasteiger partial charge in [-0.2, -0.15) is 0 Å². The van der Waals surface area contributed by atoms with E-state index in [0.29, 0.717) is 0 Å². The quantitative estimate of drug-likeness (QED) is 0.693.